The first-order valence-electron chi connectivity index (χ1n) is 6.24. The fourth-order valence-corrected chi connectivity index (χ4v) is 3.20. The van der Waals surface area contributed by atoms with Crippen LogP contribution in [0.4, 0.5) is 0 Å². The molecule has 98 valence electrons. The molecule has 1 aromatic rings. The first-order valence-corrected chi connectivity index (χ1v) is 7.85. The average molecular weight is 378 g/mol. The number of carbonyl (C=O) groups is 1. The number of hydrogen-bond acceptors (Lipinski definition) is 1. The molecule has 1 atom stereocenters. The van der Waals surface area contributed by atoms with Crippen LogP contribution in [0.5, 0.6) is 0 Å². The molecule has 1 saturated heterocycles. The van der Waals surface area contributed by atoms with Gasteiger partial charge in [-0.05, 0) is 59.9 Å². The zero-order valence-corrected chi connectivity index (χ0v) is 13.4. The Hall–Kier alpha value is -0.290. The number of amides is 1. The van der Waals surface area contributed by atoms with Crippen molar-refractivity contribution in [2.75, 3.05) is 19.0 Å². The van der Waals surface area contributed by atoms with Gasteiger partial charge in [0.2, 0.25) is 0 Å². The first kappa shape index (κ1) is 14.1. The minimum atomic E-state index is 0.151. The lowest BCUT2D eigenvalue weighted by Crippen LogP contribution is -2.40. The number of likely N-dealkylation sites (tertiary alicyclic amines) is 1. The van der Waals surface area contributed by atoms with Gasteiger partial charge in [-0.25, -0.2) is 0 Å². The third-order valence-electron chi connectivity index (χ3n) is 3.45. The summed E-state index contributed by atoms with van der Waals surface area (Å²) in [6.07, 6.45) is 2.20. The Kier molecular flexibility index (Phi) is 4.90. The van der Waals surface area contributed by atoms with Gasteiger partial charge in [0.15, 0.2) is 0 Å². The number of halogens is 2. The average Bonchev–Trinajstić information content (AvgIpc) is 2.41. The van der Waals surface area contributed by atoms with Crippen molar-refractivity contribution in [3.8, 4) is 0 Å². The molecule has 0 aromatic heterocycles. The van der Waals surface area contributed by atoms with Crippen molar-refractivity contribution < 1.29 is 4.79 Å². The molecule has 1 unspecified atom stereocenters. The molecule has 1 aliphatic rings. The molecular formula is C14H17ClINO. The molecule has 2 rings (SSSR count). The van der Waals surface area contributed by atoms with E-state index < -0.39 is 0 Å². The van der Waals surface area contributed by atoms with Gasteiger partial charge in [-0.3, -0.25) is 4.79 Å². The number of carbonyl (C=O) groups excluding carboxylic acids is 1. The number of benzene rings is 1. The van der Waals surface area contributed by atoms with Crippen LogP contribution in [0.1, 0.15) is 28.8 Å². The second-order valence-corrected chi connectivity index (χ2v) is 6.24. The molecule has 0 saturated carbocycles. The molecule has 18 heavy (non-hydrogen) atoms. The predicted molar refractivity (Wildman–Crippen MR) is 83.2 cm³/mol. The van der Waals surface area contributed by atoms with Gasteiger partial charge in [-0.15, -0.1) is 11.6 Å². The van der Waals surface area contributed by atoms with Gasteiger partial charge >= 0.3 is 0 Å². The Morgan fingerprint density at radius 2 is 2.33 bits per heavy atom. The molecule has 0 spiro atoms. The van der Waals surface area contributed by atoms with Crippen molar-refractivity contribution in [2.24, 2.45) is 5.92 Å². The van der Waals surface area contributed by atoms with Gasteiger partial charge in [0.25, 0.3) is 5.91 Å². The maximum absolute atomic E-state index is 12.5. The van der Waals surface area contributed by atoms with Crippen molar-refractivity contribution in [2.45, 2.75) is 19.8 Å². The van der Waals surface area contributed by atoms with Crippen molar-refractivity contribution in [1.29, 1.82) is 0 Å². The summed E-state index contributed by atoms with van der Waals surface area (Å²) in [7, 11) is 0. The number of hydrogen-bond donors (Lipinski definition) is 0. The third kappa shape index (κ3) is 2.99. The Labute approximate surface area is 127 Å². The molecule has 0 N–H and O–H groups in total. The summed E-state index contributed by atoms with van der Waals surface area (Å²) in [5.74, 6) is 1.25. The summed E-state index contributed by atoms with van der Waals surface area (Å²) in [6, 6.07) is 5.91. The molecule has 2 nitrogen and oxygen atoms in total. The molecule has 1 aliphatic heterocycles. The molecule has 1 amide bonds. The predicted octanol–water partition coefficient (Wildman–Crippen LogP) is 3.69. The van der Waals surface area contributed by atoms with E-state index in [1.165, 1.54) is 0 Å². The number of nitrogens with zero attached hydrogens (tertiary/aromatic N) is 1. The topological polar surface area (TPSA) is 20.3 Å². The molecule has 4 heteroatoms. The summed E-state index contributed by atoms with van der Waals surface area (Å²) in [6.45, 7) is 3.69. The Morgan fingerprint density at radius 3 is 3.06 bits per heavy atom. The molecule has 1 heterocycles. The molecule has 0 radical (unpaired) electrons. The van der Waals surface area contributed by atoms with Crippen molar-refractivity contribution >= 4 is 40.1 Å². The summed E-state index contributed by atoms with van der Waals surface area (Å²) in [5, 5.41) is 0. The van der Waals surface area contributed by atoms with Crippen molar-refractivity contribution in [1.82, 2.24) is 4.90 Å². The maximum Gasteiger partial charge on any atom is 0.254 e. The maximum atomic E-state index is 12.5. The normalized spacial score (nSPS) is 19.9. The van der Waals surface area contributed by atoms with E-state index in [0.717, 1.165) is 40.6 Å². The van der Waals surface area contributed by atoms with Gasteiger partial charge in [-0.1, -0.05) is 12.1 Å². The van der Waals surface area contributed by atoms with Crippen LogP contribution in [-0.2, 0) is 0 Å². The molecule has 1 fully saturated rings. The third-order valence-corrected chi connectivity index (χ3v) is 5.31. The number of piperidine rings is 1. The van der Waals surface area contributed by atoms with E-state index in [-0.39, 0.29) is 5.91 Å². The highest BCUT2D eigenvalue weighted by Gasteiger charge is 2.25. The standard InChI is InChI=1S/C14H17ClINO/c1-10-4-2-6-12(13(10)16)14(18)17-7-3-5-11(8-15)9-17/h2,4,6,11H,3,5,7-9H2,1H3. The fraction of sp³-hybridized carbons (Fsp3) is 0.500. The second-order valence-electron chi connectivity index (χ2n) is 4.85. The van der Waals surface area contributed by atoms with E-state index in [0.29, 0.717) is 11.8 Å². The Balaban J connectivity index is 2.18. The SMILES string of the molecule is Cc1cccc(C(=O)N2CCCC(CCl)C2)c1I. The van der Waals surface area contributed by atoms with E-state index in [2.05, 4.69) is 22.6 Å². The van der Waals surface area contributed by atoms with Gasteiger partial charge in [0.1, 0.15) is 0 Å². The minimum Gasteiger partial charge on any atom is -0.338 e. The number of aryl methyl sites for hydroxylation is 1. The molecule has 0 bridgehead atoms. The molecular weight excluding hydrogens is 361 g/mol. The van der Waals surface area contributed by atoms with E-state index in [1.807, 2.05) is 30.0 Å². The zero-order valence-electron chi connectivity index (χ0n) is 10.5. The van der Waals surface area contributed by atoms with Crippen molar-refractivity contribution in [3.63, 3.8) is 0 Å². The van der Waals surface area contributed by atoms with Gasteiger partial charge in [-0.2, -0.15) is 0 Å². The van der Waals surface area contributed by atoms with Gasteiger partial charge in [0, 0.05) is 22.5 Å². The smallest absolute Gasteiger partial charge is 0.254 e. The molecule has 0 aliphatic carbocycles. The van der Waals surface area contributed by atoms with Crippen LogP contribution in [0.25, 0.3) is 0 Å². The van der Waals surface area contributed by atoms with E-state index in [9.17, 15) is 4.79 Å². The number of rotatable bonds is 2. The van der Waals surface area contributed by atoms with Gasteiger partial charge < -0.3 is 4.90 Å². The van der Waals surface area contributed by atoms with E-state index in [4.69, 9.17) is 11.6 Å². The van der Waals surface area contributed by atoms with Crippen LogP contribution >= 0.6 is 34.2 Å². The van der Waals surface area contributed by atoms with E-state index >= 15 is 0 Å². The number of alkyl halides is 1. The van der Waals surface area contributed by atoms with Crippen LogP contribution in [0.2, 0.25) is 0 Å². The highest BCUT2D eigenvalue weighted by atomic mass is 127. The minimum absolute atomic E-state index is 0.151. The summed E-state index contributed by atoms with van der Waals surface area (Å²) >= 11 is 8.17. The summed E-state index contributed by atoms with van der Waals surface area (Å²) in [5.41, 5.74) is 1.98. The van der Waals surface area contributed by atoms with Crippen LogP contribution in [0.15, 0.2) is 18.2 Å². The van der Waals surface area contributed by atoms with Crippen LogP contribution in [0.3, 0.4) is 0 Å². The van der Waals surface area contributed by atoms with Crippen molar-refractivity contribution in [3.05, 3.63) is 32.9 Å². The van der Waals surface area contributed by atoms with Crippen LogP contribution < -0.4 is 0 Å². The quantitative estimate of drug-likeness (QED) is 0.568. The second kappa shape index (κ2) is 6.24. The van der Waals surface area contributed by atoms with Gasteiger partial charge in [0.05, 0.1) is 5.56 Å². The molecule has 1 aromatic carbocycles. The first-order chi connectivity index (χ1) is 8.63. The lowest BCUT2D eigenvalue weighted by atomic mass is 9.99. The summed E-state index contributed by atoms with van der Waals surface area (Å²) in [4.78, 5) is 14.5. The van der Waals surface area contributed by atoms with E-state index in [1.54, 1.807) is 0 Å². The highest BCUT2D eigenvalue weighted by Crippen LogP contribution is 2.23. The highest BCUT2D eigenvalue weighted by molar-refractivity contribution is 14.1. The Bertz CT molecular complexity index is 449. The lowest BCUT2D eigenvalue weighted by Gasteiger charge is -2.32. The monoisotopic (exact) mass is 377 g/mol. The fourth-order valence-electron chi connectivity index (χ4n) is 2.36. The lowest BCUT2D eigenvalue weighted by molar-refractivity contribution is 0.0683. The summed E-state index contributed by atoms with van der Waals surface area (Å²) < 4.78 is 1.06. The zero-order chi connectivity index (χ0) is 13.1. The van der Waals surface area contributed by atoms with Crippen LogP contribution in [-0.4, -0.2) is 29.8 Å². The largest absolute Gasteiger partial charge is 0.338 e. The van der Waals surface area contributed by atoms with Crippen LogP contribution in [0, 0.1) is 16.4 Å². The Morgan fingerprint density at radius 1 is 1.56 bits per heavy atom.